The van der Waals surface area contributed by atoms with E-state index in [1.54, 1.807) is 0 Å². The molecule has 0 aromatic heterocycles. The van der Waals surface area contributed by atoms with Gasteiger partial charge in [-0.05, 0) is 35.6 Å². The van der Waals surface area contributed by atoms with E-state index in [4.69, 9.17) is 4.74 Å². The van der Waals surface area contributed by atoms with Crippen LogP contribution in [-0.4, -0.2) is 0 Å². The van der Waals surface area contributed by atoms with E-state index in [-0.39, 0.29) is 0 Å². The van der Waals surface area contributed by atoms with Crippen molar-refractivity contribution in [1.29, 1.82) is 0 Å². The summed E-state index contributed by atoms with van der Waals surface area (Å²) in [4.78, 5) is 0. The van der Waals surface area contributed by atoms with Gasteiger partial charge in [0.05, 0.1) is 0 Å². The Balaban J connectivity index is 1.95. The highest BCUT2D eigenvalue weighted by molar-refractivity contribution is 5.29. The summed E-state index contributed by atoms with van der Waals surface area (Å²) in [7, 11) is 0. The number of benzene rings is 2. The summed E-state index contributed by atoms with van der Waals surface area (Å²) in [6, 6.07) is 18.7. The van der Waals surface area contributed by atoms with Crippen LogP contribution >= 0.6 is 0 Å². The molecule has 0 radical (unpaired) electrons. The van der Waals surface area contributed by atoms with E-state index in [1.807, 2.05) is 24.3 Å². The van der Waals surface area contributed by atoms with Crippen LogP contribution in [0.25, 0.3) is 0 Å². The van der Waals surface area contributed by atoms with E-state index < -0.39 is 0 Å². The largest absolute Gasteiger partial charge is 0.489 e. The van der Waals surface area contributed by atoms with Crippen LogP contribution in [0.4, 0.5) is 0 Å². The third-order valence-electron chi connectivity index (χ3n) is 3.43. The van der Waals surface area contributed by atoms with Crippen LogP contribution in [0.1, 0.15) is 31.4 Å². The lowest BCUT2D eigenvalue weighted by atomic mass is 9.99. The summed E-state index contributed by atoms with van der Waals surface area (Å²) in [5, 5.41) is 0. The molecule has 0 aliphatic carbocycles. The smallest absolute Gasteiger partial charge is 0.120 e. The van der Waals surface area contributed by atoms with Crippen molar-refractivity contribution in [2.45, 2.75) is 33.3 Å². The highest BCUT2D eigenvalue weighted by Crippen LogP contribution is 2.18. The van der Waals surface area contributed by atoms with Crippen LogP contribution in [0.2, 0.25) is 0 Å². The average molecular weight is 254 g/mol. The van der Waals surface area contributed by atoms with Gasteiger partial charge in [0, 0.05) is 0 Å². The van der Waals surface area contributed by atoms with E-state index in [0.717, 1.165) is 18.1 Å². The van der Waals surface area contributed by atoms with Crippen molar-refractivity contribution < 1.29 is 4.74 Å². The van der Waals surface area contributed by atoms with E-state index in [1.165, 1.54) is 17.5 Å². The molecule has 0 aliphatic rings. The van der Waals surface area contributed by atoms with Crippen molar-refractivity contribution in [1.82, 2.24) is 0 Å². The molecule has 1 atom stereocenters. The second-order valence-electron chi connectivity index (χ2n) is 5.14. The number of hydrogen-bond acceptors (Lipinski definition) is 1. The van der Waals surface area contributed by atoms with Crippen molar-refractivity contribution in [2.75, 3.05) is 0 Å². The molecule has 0 saturated heterocycles. The first-order valence-electron chi connectivity index (χ1n) is 7.03. The fourth-order valence-corrected chi connectivity index (χ4v) is 2.05. The van der Waals surface area contributed by atoms with Crippen LogP contribution in [0.3, 0.4) is 0 Å². The predicted octanol–water partition coefficient (Wildman–Crippen LogP) is 4.85. The van der Waals surface area contributed by atoms with Crippen LogP contribution in [0.15, 0.2) is 54.6 Å². The van der Waals surface area contributed by atoms with Gasteiger partial charge in [-0.3, -0.25) is 0 Å². The highest BCUT2D eigenvalue weighted by Gasteiger charge is 2.02. The quantitative estimate of drug-likeness (QED) is 0.715. The van der Waals surface area contributed by atoms with Crippen LogP contribution < -0.4 is 4.74 Å². The summed E-state index contributed by atoms with van der Waals surface area (Å²) in [5.41, 5.74) is 2.56. The first-order valence-corrected chi connectivity index (χ1v) is 7.03. The molecular weight excluding hydrogens is 232 g/mol. The summed E-state index contributed by atoms with van der Waals surface area (Å²) in [5.74, 6) is 1.69. The molecule has 0 aliphatic heterocycles. The van der Waals surface area contributed by atoms with Crippen LogP contribution in [0.5, 0.6) is 5.75 Å². The molecule has 2 rings (SSSR count). The van der Waals surface area contributed by atoms with E-state index in [2.05, 4.69) is 44.2 Å². The van der Waals surface area contributed by atoms with Crippen LogP contribution in [0, 0.1) is 5.92 Å². The summed E-state index contributed by atoms with van der Waals surface area (Å²) >= 11 is 0. The zero-order valence-corrected chi connectivity index (χ0v) is 11.8. The minimum Gasteiger partial charge on any atom is -0.489 e. The maximum atomic E-state index is 5.85. The molecule has 1 nitrogen and oxygen atoms in total. The molecule has 0 saturated carbocycles. The molecule has 0 bridgehead atoms. The van der Waals surface area contributed by atoms with E-state index in [9.17, 15) is 0 Å². The maximum absolute atomic E-state index is 5.85. The molecule has 0 heterocycles. The molecule has 0 spiro atoms. The summed E-state index contributed by atoms with van der Waals surface area (Å²) in [6.07, 6.45) is 2.34. The molecule has 0 fully saturated rings. The Morgan fingerprint density at radius 2 is 1.68 bits per heavy atom. The normalized spacial score (nSPS) is 12.1. The first-order chi connectivity index (χ1) is 9.28. The average Bonchev–Trinajstić information content (AvgIpc) is 2.46. The lowest BCUT2D eigenvalue weighted by Gasteiger charge is -2.11. The minimum atomic E-state index is 0.633. The van der Waals surface area contributed by atoms with Gasteiger partial charge in [0.2, 0.25) is 0 Å². The Morgan fingerprint density at radius 1 is 0.947 bits per heavy atom. The molecule has 1 heteroatoms. The zero-order chi connectivity index (χ0) is 13.5. The highest BCUT2D eigenvalue weighted by atomic mass is 16.5. The Bertz CT molecular complexity index is 490. The summed E-state index contributed by atoms with van der Waals surface area (Å²) in [6.45, 7) is 5.16. The molecular formula is C18H22O. The Labute approximate surface area is 116 Å². The van der Waals surface area contributed by atoms with Gasteiger partial charge in [0.25, 0.3) is 0 Å². The summed E-state index contributed by atoms with van der Waals surface area (Å²) < 4.78 is 5.85. The Morgan fingerprint density at radius 3 is 2.42 bits per heavy atom. The Hall–Kier alpha value is -1.76. The van der Waals surface area contributed by atoms with Gasteiger partial charge in [0.1, 0.15) is 12.4 Å². The SMILES string of the molecule is CC[C@@H](C)Cc1cccc(OCc2ccccc2)c1. The lowest BCUT2D eigenvalue weighted by molar-refractivity contribution is 0.306. The molecule has 2 aromatic carbocycles. The molecule has 0 amide bonds. The fraction of sp³-hybridized carbons (Fsp3) is 0.333. The topological polar surface area (TPSA) is 9.23 Å². The molecule has 0 unspecified atom stereocenters. The Kier molecular flexibility index (Phi) is 5.02. The predicted molar refractivity (Wildman–Crippen MR) is 80.4 cm³/mol. The van der Waals surface area contributed by atoms with Crippen molar-refractivity contribution in [3.05, 3.63) is 65.7 Å². The van der Waals surface area contributed by atoms with Gasteiger partial charge in [0.15, 0.2) is 0 Å². The van der Waals surface area contributed by atoms with Crippen molar-refractivity contribution >= 4 is 0 Å². The molecule has 2 aromatic rings. The second-order valence-corrected chi connectivity index (χ2v) is 5.14. The standard InChI is InChI=1S/C18H22O/c1-3-15(2)12-17-10-7-11-18(13-17)19-14-16-8-5-4-6-9-16/h4-11,13,15H,3,12,14H2,1-2H3/t15-/m1/s1. The third-order valence-corrected chi connectivity index (χ3v) is 3.43. The van der Waals surface area contributed by atoms with Gasteiger partial charge >= 0.3 is 0 Å². The lowest BCUT2D eigenvalue weighted by Crippen LogP contribution is -1.99. The van der Waals surface area contributed by atoms with Gasteiger partial charge in [-0.1, -0.05) is 62.7 Å². The van der Waals surface area contributed by atoms with Crippen molar-refractivity contribution in [3.63, 3.8) is 0 Å². The van der Waals surface area contributed by atoms with Gasteiger partial charge in [-0.15, -0.1) is 0 Å². The minimum absolute atomic E-state index is 0.633. The van der Waals surface area contributed by atoms with Gasteiger partial charge in [-0.25, -0.2) is 0 Å². The van der Waals surface area contributed by atoms with Crippen LogP contribution in [-0.2, 0) is 13.0 Å². The maximum Gasteiger partial charge on any atom is 0.120 e. The molecule has 0 N–H and O–H groups in total. The number of ether oxygens (including phenoxy) is 1. The number of rotatable bonds is 6. The zero-order valence-electron chi connectivity index (χ0n) is 11.8. The first kappa shape index (κ1) is 13.7. The van der Waals surface area contributed by atoms with Gasteiger partial charge in [-0.2, -0.15) is 0 Å². The molecule has 19 heavy (non-hydrogen) atoms. The third kappa shape index (κ3) is 4.44. The monoisotopic (exact) mass is 254 g/mol. The second kappa shape index (κ2) is 6.98. The fourth-order valence-electron chi connectivity index (χ4n) is 2.05. The van der Waals surface area contributed by atoms with E-state index >= 15 is 0 Å². The van der Waals surface area contributed by atoms with Crippen molar-refractivity contribution in [3.8, 4) is 5.75 Å². The number of hydrogen-bond donors (Lipinski definition) is 0. The van der Waals surface area contributed by atoms with Crippen molar-refractivity contribution in [2.24, 2.45) is 5.92 Å². The van der Waals surface area contributed by atoms with Gasteiger partial charge < -0.3 is 4.74 Å². The molecule has 100 valence electrons. The van der Waals surface area contributed by atoms with E-state index in [0.29, 0.717) is 6.61 Å².